The second-order valence-corrected chi connectivity index (χ2v) is 6.29. The molecule has 1 heterocycles. The Balaban J connectivity index is 2.43. The van der Waals surface area contributed by atoms with Gasteiger partial charge in [-0.1, -0.05) is 30.3 Å². The minimum absolute atomic E-state index is 0.399. The molecule has 3 rings (SSSR count). The summed E-state index contributed by atoms with van der Waals surface area (Å²) in [5.74, 6) is 0. The molecule has 1 atom stereocenters. The third-order valence-electron chi connectivity index (χ3n) is 3.06. The van der Waals surface area contributed by atoms with Crippen LogP contribution in [0.2, 0.25) is 0 Å². The van der Waals surface area contributed by atoms with Crippen LogP contribution in [0.3, 0.4) is 0 Å². The Bertz CT molecular complexity index is 589. The molecular formula is C12H11O2P. The van der Waals surface area contributed by atoms with Gasteiger partial charge in [-0.3, -0.25) is 4.57 Å². The van der Waals surface area contributed by atoms with Crippen molar-refractivity contribution in [2.24, 2.45) is 0 Å². The predicted molar refractivity (Wildman–Crippen MR) is 62.0 cm³/mol. The lowest BCUT2D eigenvalue weighted by Gasteiger charge is -2.06. The lowest BCUT2D eigenvalue weighted by atomic mass is 10.0. The van der Waals surface area contributed by atoms with Crippen LogP contribution in [0.4, 0.5) is 0 Å². The molecule has 76 valence electrons. The third-order valence-corrected chi connectivity index (χ3v) is 5.06. The molecule has 1 unspecified atom stereocenters. The van der Waals surface area contributed by atoms with Crippen LogP contribution in [0.1, 0.15) is 5.56 Å². The minimum Gasteiger partial charge on any atom is -0.341 e. The van der Waals surface area contributed by atoms with Gasteiger partial charge in [-0.25, -0.2) is 0 Å². The molecule has 0 saturated carbocycles. The number of fused-ring (bicyclic) bond motifs is 3. The second kappa shape index (κ2) is 2.94. The summed E-state index contributed by atoms with van der Waals surface area (Å²) in [4.78, 5) is 9.76. The summed E-state index contributed by atoms with van der Waals surface area (Å²) in [7, 11) is -3.04. The fourth-order valence-electron chi connectivity index (χ4n) is 2.30. The van der Waals surface area contributed by atoms with Gasteiger partial charge in [-0.2, -0.15) is 0 Å². The van der Waals surface area contributed by atoms with Crippen molar-refractivity contribution in [1.29, 1.82) is 0 Å². The normalized spacial score (nSPS) is 24.3. The molecule has 1 N–H and O–H groups in total. The molecule has 0 saturated heterocycles. The lowest BCUT2D eigenvalue weighted by Crippen LogP contribution is -2.03. The zero-order valence-electron chi connectivity index (χ0n) is 8.18. The largest absolute Gasteiger partial charge is 0.341 e. The van der Waals surface area contributed by atoms with Crippen molar-refractivity contribution in [3.63, 3.8) is 0 Å². The summed E-state index contributed by atoms with van der Waals surface area (Å²) in [5.41, 5.74) is 1.07. The number of rotatable bonds is 0. The first-order valence-corrected chi connectivity index (χ1v) is 6.86. The standard InChI is InChI=1S/C12H11O2P/c13-15(14)8-7-11-10-4-2-1-3-9(10)5-6-12(11)15/h1-6H,7-8H2,(H,13,14). The van der Waals surface area contributed by atoms with Crippen LogP contribution in [0.25, 0.3) is 10.8 Å². The van der Waals surface area contributed by atoms with Gasteiger partial charge in [-0.15, -0.1) is 0 Å². The van der Waals surface area contributed by atoms with Crippen molar-refractivity contribution in [2.75, 3.05) is 6.16 Å². The summed E-state index contributed by atoms with van der Waals surface area (Å²) >= 11 is 0. The molecule has 0 spiro atoms. The van der Waals surface area contributed by atoms with E-state index < -0.39 is 7.37 Å². The Kier molecular flexibility index (Phi) is 1.79. The maximum absolute atomic E-state index is 11.8. The van der Waals surface area contributed by atoms with Gasteiger partial charge in [0.15, 0.2) is 0 Å². The Morgan fingerprint density at radius 3 is 2.80 bits per heavy atom. The SMILES string of the molecule is O=P1(O)CCc2c1ccc1ccccc21. The topological polar surface area (TPSA) is 37.3 Å². The number of hydrogen-bond acceptors (Lipinski definition) is 1. The maximum Gasteiger partial charge on any atom is 0.230 e. The van der Waals surface area contributed by atoms with Crippen molar-refractivity contribution in [2.45, 2.75) is 6.42 Å². The van der Waals surface area contributed by atoms with Crippen molar-refractivity contribution < 1.29 is 9.46 Å². The van der Waals surface area contributed by atoms with E-state index in [-0.39, 0.29) is 0 Å². The zero-order chi connectivity index (χ0) is 10.5. The van der Waals surface area contributed by atoms with E-state index in [2.05, 4.69) is 0 Å². The van der Waals surface area contributed by atoms with E-state index in [1.165, 1.54) is 0 Å². The first kappa shape index (κ1) is 9.14. The molecule has 3 heteroatoms. The smallest absolute Gasteiger partial charge is 0.230 e. The van der Waals surface area contributed by atoms with Gasteiger partial charge in [0.2, 0.25) is 7.37 Å². The van der Waals surface area contributed by atoms with E-state index in [1.807, 2.05) is 36.4 Å². The van der Waals surface area contributed by atoms with Crippen LogP contribution in [0, 0.1) is 0 Å². The Morgan fingerprint density at radius 2 is 1.93 bits per heavy atom. The molecular weight excluding hydrogens is 207 g/mol. The summed E-state index contributed by atoms with van der Waals surface area (Å²) in [5, 5.41) is 2.95. The quantitative estimate of drug-likeness (QED) is 0.689. The van der Waals surface area contributed by atoms with Gasteiger partial charge in [-0.05, 0) is 28.8 Å². The minimum atomic E-state index is -3.04. The van der Waals surface area contributed by atoms with Gasteiger partial charge < -0.3 is 4.89 Å². The molecule has 0 aliphatic carbocycles. The highest BCUT2D eigenvalue weighted by atomic mass is 31.2. The molecule has 0 radical (unpaired) electrons. The average molecular weight is 218 g/mol. The highest BCUT2D eigenvalue weighted by molar-refractivity contribution is 7.66. The van der Waals surface area contributed by atoms with Crippen LogP contribution in [-0.2, 0) is 11.0 Å². The van der Waals surface area contributed by atoms with Crippen molar-refractivity contribution in [1.82, 2.24) is 0 Å². The van der Waals surface area contributed by atoms with E-state index in [0.717, 1.165) is 22.8 Å². The van der Waals surface area contributed by atoms with E-state index in [9.17, 15) is 9.46 Å². The van der Waals surface area contributed by atoms with E-state index >= 15 is 0 Å². The average Bonchev–Trinajstić information content (AvgIpc) is 2.55. The molecule has 15 heavy (non-hydrogen) atoms. The van der Waals surface area contributed by atoms with Crippen LogP contribution >= 0.6 is 7.37 Å². The van der Waals surface area contributed by atoms with Crippen molar-refractivity contribution in [3.05, 3.63) is 42.0 Å². The Morgan fingerprint density at radius 1 is 1.13 bits per heavy atom. The van der Waals surface area contributed by atoms with Crippen molar-refractivity contribution >= 4 is 23.4 Å². The van der Waals surface area contributed by atoms with E-state index in [4.69, 9.17) is 0 Å². The zero-order valence-corrected chi connectivity index (χ0v) is 9.08. The highest BCUT2D eigenvalue weighted by Gasteiger charge is 2.31. The molecule has 0 bridgehead atoms. The maximum atomic E-state index is 11.8. The Hall–Kier alpha value is -1.11. The Labute approximate surface area is 88.0 Å². The second-order valence-electron chi connectivity index (χ2n) is 3.96. The first-order valence-electron chi connectivity index (χ1n) is 5.01. The van der Waals surface area contributed by atoms with Gasteiger partial charge in [0.25, 0.3) is 0 Å². The predicted octanol–water partition coefficient (Wildman–Crippen LogP) is 2.29. The molecule has 2 aromatic carbocycles. The summed E-state index contributed by atoms with van der Waals surface area (Å²) in [6, 6.07) is 11.8. The molecule has 0 amide bonds. The lowest BCUT2D eigenvalue weighted by molar-refractivity contribution is 0.492. The highest BCUT2D eigenvalue weighted by Crippen LogP contribution is 2.47. The van der Waals surface area contributed by atoms with Crippen LogP contribution in [-0.4, -0.2) is 11.1 Å². The fourth-order valence-corrected chi connectivity index (χ4v) is 4.03. The van der Waals surface area contributed by atoms with Crippen LogP contribution in [0.5, 0.6) is 0 Å². The van der Waals surface area contributed by atoms with Gasteiger partial charge in [0, 0.05) is 11.5 Å². The molecule has 0 aromatic heterocycles. The fraction of sp³-hybridized carbons (Fsp3) is 0.167. The number of aryl methyl sites for hydroxylation is 1. The van der Waals surface area contributed by atoms with Gasteiger partial charge >= 0.3 is 0 Å². The van der Waals surface area contributed by atoms with Gasteiger partial charge in [0.05, 0.1) is 0 Å². The van der Waals surface area contributed by atoms with Crippen LogP contribution in [0.15, 0.2) is 36.4 Å². The first-order chi connectivity index (χ1) is 7.18. The molecule has 2 nitrogen and oxygen atoms in total. The third kappa shape index (κ3) is 1.26. The summed E-state index contributed by atoms with van der Waals surface area (Å²) in [6.45, 7) is 0. The van der Waals surface area contributed by atoms with Crippen LogP contribution < -0.4 is 5.30 Å². The van der Waals surface area contributed by atoms with Gasteiger partial charge in [0.1, 0.15) is 0 Å². The monoisotopic (exact) mass is 218 g/mol. The van der Waals surface area contributed by atoms with E-state index in [0.29, 0.717) is 11.5 Å². The number of hydrogen-bond donors (Lipinski definition) is 1. The van der Waals surface area contributed by atoms with Crippen molar-refractivity contribution in [3.8, 4) is 0 Å². The molecule has 1 aliphatic rings. The molecule has 2 aromatic rings. The number of benzene rings is 2. The summed E-state index contributed by atoms with van der Waals surface area (Å²) in [6.07, 6.45) is 1.13. The molecule has 0 fully saturated rings. The van der Waals surface area contributed by atoms with E-state index in [1.54, 1.807) is 0 Å². The molecule has 1 aliphatic heterocycles. The summed E-state index contributed by atoms with van der Waals surface area (Å²) < 4.78 is 11.8.